The van der Waals surface area contributed by atoms with E-state index in [0.29, 0.717) is 17.2 Å². The van der Waals surface area contributed by atoms with E-state index in [4.69, 9.17) is 14.2 Å². The quantitative estimate of drug-likeness (QED) is 0.356. The number of sulfonamides is 1. The zero-order chi connectivity index (χ0) is 29.4. The average molecular weight is 570 g/mol. The second-order valence-electron chi connectivity index (χ2n) is 9.02. The van der Waals surface area contributed by atoms with Crippen LogP contribution in [-0.2, 0) is 26.2 Å². The van der Waals surface area contributed by atoms with Crippen molar-refractivity contribution >= 4 is 27.5 Å². The van der Waals surface area contributed by atoms with Gasteiger partial charge in [-0.2, -0.15) is 0 Å². The Hall–Kier alpha value is -4.25. The lowest BCUT2D eigenvalue weighted by atomic mass is 10.1. The minimum atomic E-state index is -4.25. The van der Waals surface area contributed by atoms with Crippen LogP contribution in [0.1, 0.15) is 18.1 Å². The minimum Gasteiger partial charge on any atom is -0.497 e. The molecule has 1 N–H and O–H groups in total. The lowest BCUT2D eigenvalue weighted by Gasteiger charge is -2.32. The molecule has 1 atom stereocenters. The fraction of sp³-hybridized carbons (Fsp3) is 0.310. The Labute approximate surface area is 235 Å². The average Bonchev–Trinajstić information content (AvgIpc) is 2.98. The summed E-state index contributed by atoms with van der Waals surface area (Å²) in [5.41, 5.74) is 1.97. The number of amides is 2. The van der Waals surface area contributed by atoms with Crippen molar-refractivity contribution in [2.75, 3.05) is 39.2 Å². The first-order chi connectivity index (χ1) is 19.0. The molecule has 0 aliphatic rings. The Morgan fingerprint density at radius 3 is 2.05 bits per heavy atom. The van der Waals surface area contributed by atoms with Gasteiger partial charge in [0.1, 0.15) is 18.3 Å². The Morgan fingerprint density at radius 2 is 1.50 bits per heavy atom. The maximum absolute atomic E-state index is 14.0. The van der Waals surface area contributed by atoms with Crippen LogP contribution in [0.15, 0.2) is 71.6 Å². The molecule has 0 saturated carbocycles. The van der Waals surface area contributed by atoms with Gasteiger partial charge < -0.3 is 24.4 Å². The number of carbonyl (C=O) groups excluding carboxylic acids is 2. The molecule has 0 aliphatic heterocycles. The molecule has 0 bridgehead atoms. The van der Waals surface area contributed by atoms with Gasteiger partial charge in [-0.3, -0.25) is 13.9 Å². The molecule has 11 heteroatoms. The van der Waals surface area contributed by atoms with Gasteiger partial charge in [-0.15, -0.1) is 0 Å². The highest BCUT2D eigenvalue weighted by Crippen LogP contribution is 2.32. The molecule has 10 nitrogen and oxygen atoms in total. The second-order valence-corrected chi connectivity index (χ2v) is 10.9. The topological polar surface area (TPSA) is 114 Å². The number of methoxy groups -OCH3 is 3. The van der Waals surface area contributed by atoms with E-state index in [1.807, 2.05) is 6.92 Å². The molecule has 3 rings (SSSR count). The number of nitrogens with one attached hydrogen (secondary N) is 1. The van der Waals surface area contributed by atoms with E-state index in [1.165, 1.54) is 44.4 Å². The van der Waals surface area contributed by atoms with Crippen LogP contribution in [0.25, 0.3) is 0 Å². The summed E-state index contributed by atoms with van der Waals surface area (Å²) in [6.07, 6.45) is 0. The number of rotatable bonds is 12. The Bertz CT molecular complexity index is 1420. The zero-order valence-electron chi connectivity index (χ0n) is 23.5. The van der Waals surface area contributed by atoms with Gasteiger partial charge in [0.2, 0.25) is 11.8 Å². The van der Waals surface area contributed by atoms with Crippen molar-refractivity contribution in [3.8, 4) is 17.2 Å². The largest absolute Gasteiger partial charge is 0.497 e. The van der Waals surface area contributed by atoms with Crippen molar-refractivity contribution in [3.63, 3.8) is 0 Å². The van der Waals surface area contributed by atoms with Crippen LogP contribution in [0.4, 0.5) is 5.69 Å². The van der Waals surface area contributed by atoms with Crippen molar-refractivity contribution < 1.29 is 32.2 Å². The predicted octanol–water partition coefficient (Wildman–Crippen LogP) is 3.38. The van der Waals surface area contributed by atoms with Gasteiger partial charge in [0.15, 0.2) is 11.5 Å². The van der Waals surface area contributed by atoms with Crippen LogP contribution in [-0.4, -0.2) is 66.1 Å². The van der Waals surface area contributed by atoms with Gasteiger partial charge in [-0.05, 0) is 55.8 Å². The molecule has 214 valence electrons. The Balaban J connectivity index is 2.05. The minimum absolute atomic E-state index is 0.0789. The summed E-state index contributed by atoms with van der Waals surface area (Å²) in [5.74, 6) is 0.299. The molecule has 0 aliphatic carbocycles. The number of aryl methyl sites for hydroxylation is 1. The fourth-order valence-electron chi connectivity index (χ4n) is 4.06. The molecule has 3 aromatic rings. The van der Waals surface area contributed by atoms with Gasteiger partial charge in [-0.25, -0.2) is 8.42 Å². The van der Waals surface area contributed by atoms with E-state index in [9.17, 15) is 18.0 Å². The van der Waals surface area contributed by atoms with E-state index in [1.54, 1.807) is 62.6 Å². The fourth-order valence-corrected chi connectivity index (χ4v) is 5.49. The lowest BCUT2D eigenvalue weighted by Crippen LogP contribution is -2.50. The smallest absolute Gasteiger partial charge is 0.264 e. The normalized spacial score (nSPS) is 11.8. The highest BCUT2D eigenvalue weighted by molar-refractivity contribution is 7.92. The van der Waals surface area contributed by atoms with Crippen molar-refractivity contribution in [1.29, 1.82) is 0 Å². The summed E-state index contributed by atoms with van der Waals surface area (Å²) in [7, 11) is 1.64. The summed E-state index contributed by atoms with van der Waals surface area (Å²) in [5, 5.41) is 2.56. The number of nitrogens with zero attached hydrogens (tertiary/aromatic N) is 2. The molecule has 0 heterocycles. The molecule has 0 unspecified atom stereocenters. The number of ether oxygens (including phenoxy) is 3. The Morgan fingerprint density at radius 1 is 0.875 bits per heavy atom. The lowest BCUT2D eigenvalue weighted by molar-refractivity contribution is -0.139. The van der Waals surface area contributed by atoms with E-state index in [-0.39, 0.29) is 23.1 Å². The SMILES string of the molecule is CNC(=O)[C@H](C)N(Cc1ccc(OC)cc1)C(=O)CN(c1ccc(C)cc1)S(=O)(=O)c1ccc(OC)c(OC)c1. The highest BCUT2D eigenvalue weighted by atomic mass is 32.2. The first kappa shape index (κ1) is 30.3. The van der Waals surface area contributed by atoms with Crippen LogP contribution in [0.5, 0.6) is 17.2 Å². The molecule has 2 amide bonds. The van der Waals surface area contributed by atoms with Crippen LogP contribution in [0.2, 0.25) is 0 Å². The summed E-state index contributed by atoms with van der Waals surface area (Å²) < 4.78 is 44.8. The van der Waals surface area contributed by atoms with Crippen LogP contribution >= 0.6 is 0 Å². The van der Waals surface area contributed by atoms with Crippen LogP contribution in [0.3, 0.4) is 0 Å². The number of benzene rings is 3. The second kappa shape index (κ2) is 13.2. The standard InChI is InChI=1S/C29H35N3O7S/c1-20-7-11-23(12-8-20)32(40(35,36)25-15-16-26(38-5)27(17-25)39-6)19-28(33)31(21(2)29(34)30-3)18-22-9-13-24(37-4)14-10-22/h7-17,21H,18-19H2,1-6H3,(H,30,34)/t21-/m0/s1. The van der Waals surface area contributed by atoms with Gasteiger partial charge >= 0.3 is 0 Å². The van der Waals surface area contributed by atoms with Crippen LogP contribution < -0.4 is 23.8 Å². The van der Waals surface area contributed by atoms with E-state index >= 15 is 0 Å². The summed E-state index contributed by atoms with van der Waals surface area (Å²) in [4.78, 5) is 27.7. The van der Waals surface area contributed by atoms with Gasteiger partial charge in [0.25, 0.3) is 10.0 Å². The van der Waals surface area contributed by atoms with Crippen molar-refractivity contribution in [3.05, 3.63) is 77.9 Å². The molecular weight excluding hydrogens is 534 g/mol. The summed E-state index contributed by atoms with van der Waals surface area (Å²) in [6.45, 7) is 3.01. The van der Waals surface area contributed by atoms with Gasteiger partial charge in [-0.1, -0.05) is 29.8 Å². The van der Waals surface area contributed by atoms with Crippen LogP contribution in [0, 0.1) is 6.92 Å². The molecule has 0 fully saturated rings. The molecule has 3 aromatic carbocycles. The van der Waals surface area contributed by atoms with Crippen molar-refractivity contribution in [1.82, 2.24) is 10.2 Å². The van der Waals surface area contributed by atoms with E-state index in [0.717, 1.165) is 15.4 Å². The third-order valence-electron chi connectivity index (χ3n) is 6.47. The third-order valence-corrected chi connectivity index (χ3v) is 8.24. The van der Waals surface area contributed by atoms with Crippen molar-refractivity contribution in [2.45, 2.75) is 31.3 Å². The summed E-state index contributed by atoms with van der Waals surface area (Å²) in [6, 6.07) is 17.2. The maximum Gasteiger partial charge on any atom is 0.264 e. The van der Waals surface area contributed by atoms with E-state index < -0.39 is 28.5 Å². The maximum atomic E-state index is 14.0. The zero-order valence-corrected chi connectivity index (χ0v) is 24.3. The molecule has 0 saturated heterocycles. The number of hydrogen-bond acceptors (Lipinski definition) is 7. The highest BCUT2D eigenvalue weighted by Gasteiger charge is 2.32. The van der Waals surface area contributed by atoms with Crippen molar-refractivity contribution in [2.24, 2.45) is 0 Å². The van der Waals surface area contributed by atoms with E-state index in [2.05, 4.69) is 5.32 Å². The first-order valence-corrected chi connectivity index (χ1v) is 13.9. The molecule has 0 aromatic heterocycles. The third kappa shape index (κ3) is 6.84. The predicted molar refractivity (Wildman–Crippen MR) is 152 cm³/mol. The summed E-state index contributed by atoms with van der Waals surface area (Å²) >= 11 is 0. The number of likely N-dealkylation sites (N-methyl/N-ethyl adjacent to an activating group) is 1. The molecule has 0 radical (unpaired) electrons. The molecule has 40 heavy (non-hydrogen) atoms. The number of carbonyl (C=O) groups is 2. The monoisotopic (exact) mass is 569 g/mol. The number of anilines is 1. The van der Waals surface area contributed by atoms with Gasteiger partial charge in [0, 0.05) is 19.7 Å². The first-order valence-electron chi connectivity index (χ1n) is 12.5. The molecular formula is C29H35N3O7S. The molecule has 0 spiro atoms. The van der Waals surface area contributed by atoms with Gasteiger partial charge in [0.05, 0.1) is 31.9 Å². The Kier molecular flexibility index (Phi) is 10.0. The number of hydrogen-bond donors (Lipinski definition) is 1.